The van der Waals surface area contributed by atoms with Gasteiger partial charge < -0.3 is 4.74 Å². The summed E-state index contributed by atoms with van der Waals surface area (Å²) in [7, 11) is 0. The van der Waals surface area contributed by atoms with Gasteiger partial charge >= 0.3 is 0 Å². The standard InChI is InChI=1S/C18H26BrClO/c1-2-12-21-17-11-10-15(13-16(17)19)18(20)14-8-6-4-3-5-7-9-14/h10-11,13-14,18H,2-9,12H2,1H3. The van der Waals surface area contributed by atoms with Crippen molar-refractivity contribution in [2.75, 3.05) is 6.61 Å². The largest absolute Gasteiger partial charge is 0.492 e. The van der Waals surface area contributed by atoms with Crippen LogP contribution in [0.2, 0.25) is 0 Å². The minimum absolute atomic E-state index is 0.125. The first-order valence-electron chi connectivity index (χ1n) is 8.28. The molecule has 1 atom stereocenters. The van der Waals surface area contributed by atoms with Gasteiger partial charge in [-0.2, -0.15) is 0 Å². The molecule has 1 unspecified atom stereocenters. The lowest BCUT2D eigenvalue weighted by Crippen LogP contribution is -2.10. The van der Waals surface area contributed by atoms with Crippen LogP contribution in [0.3, 0.4) is 0 Å². The Labute approximate surface area is 142 Å². The zero-order valence-electron chi connectivity index (χ0n) is 12.9. The van der Waals surface area contributed by atoms with E-state index >= 15 is 0 Å². The molecule has 1 aromatic carbocycles. The minimum atomic E-state index is 0.125. The highest BCUT2D eigenvalue weighted by molar-refractivity contribution is 9.10. The lowest BCUT2D eigenvalue weighted by Gasteiger charge is -2.25. The van der Waals surface area contributed by atoms with Crippen LogP contribution < -0.4 is 4.74 Å². The Kier molecular flexibility index (Phi) is 7.39. The molecule has 1 aromatic rings. The van der Waals surface area contributed by atoms with Gasteiger partial charge in [-0.3, -0.25) is 0 Å². The molecular weight excluding hydrogens is 348 g/mol. The van der Waals surface area contributed by atoms with Crippen molar-refractivity contribution in [1.82, 2.24) is 0 Å². The van der Waals surface area contributed by atoms with Crippen LogP contribution in [0.4, 0.5) is 0 Å². The molecule has 0 amide bonds. The Hall–Kier alpha value is -0.210. The molecule has 3 heteroatoms. The van der Waals surface area contributed by atoms with E-state index in [0.717, 1.165) is 23.2 Å². The van der Waals surface area contributed by atoms with Gasteiger partial charge in [0.05, 0.1) is 16.5 Å². The van der Waals surface area contributed by atoms with Crippen molar-refractivity contribution >= 4 is 27.5 Å². The van der Waals surface area contributed by atoms with Crippen LogP contribution in [0.25, 0.3) is 0 Å². The molecule has 21 heavy (non-hydrogen) atoms. The molecule has 118 valence electrons. The Bertz CT molecular complexity index is 427. The number of benzene rings is 1. The van der Waals surface area contributed by atoms with Gasteiger partial charge in [-0.15, -0.1) is 11.6 Å². The third-order valence-electron chi connectivity index (χ3n) is 4.30. The topological polar surface area (TPSA) is 9.23 Å². The molecule has 0 N–H and O–H groups in total. The van der Waals surface area contributed by atoms with Crippen molar-refractivity contribution in [2.24, 2.45) is 5.92 Å². The highest BCUT2D eigenvalue weighted by Gasteiger charge is 2.22. The number of halogens is 2. The van der Waals surface area contributed by atoms with Crippen LogP contribution in [0.15, 0.2) is 22.7 Å². The normalized spacial score (nSPS) is 18.8. The summed E-state index contributed by atoms with van der Waals surface area (Å²) < 4.78 is 6.73. The first-order valence-corrected chi connectivity index (χ1v) is 9.51. The molecule has 0 heterocycles. The quantitative estimate of drug-likeness (QED) is 0.511. The number of rotatable bonds is 5. The number of hydrogen-bond donors (Lipinski definition) is 0. The zero-order valence-corrected chi connectivity index (χ0v) is 15.3. The number of hydrogen-bond acceptors (Lipinski definition) is 1. The molecular formula is C18H26BrClO. The molecule has 0 bridgehead atoms. The molecule has 1 nitrogen and oxygen atoms in total. The van der Waals surface area contributed by atoms with Crippen LogP contribution in [-0.2, 0) is 0 Å². The van der Waals surface area contributed by atoms with Crippen molar-refractivity contribution in [3.05, 3.63) is 28.2 Å². The Morgan fingerprint density at radius 2 is 1.86 bits per heavy atom. The Balaban J connectivity index is 2.03. The van der Waals surface area contributed by atoms with Crippen LogP contribution in [0, 0.1) is 5.92 Å². The van der Waals surface area contributed by atoms with Crippen LogP contribution in [0.5, 0.6) is 5.75 Å². The zero-order chi connectivity index (χ0) is 15.1. The molecule has 1 aliphatic rings. The summed E-state index contributed by atoms with van der Waals surface area (Å²) in [5.41, 5.74) is 1.22. The Morgan fingerprint density at radius 1 is 1.19 bits per heavy atom. The predicted molar refractivity (Wildman–Crippen MR) is 94.3 cm³/mol. The molecule has 1 aliphatic carbocycles. The summed E-state index contributed by atoms with van der Waals surface area (Å²) >= 11 is 10.4. The summed E-state index contributed by atoms with van der Waals surface area (Å²) in [6, 6.07) is 6.32. The lowest BCUT2D eigenvalue weighted by molar-refractivity contribution is 0.315. The molecule has 0 radical (unpaired) electrons. The molecule has 0 spiro atoms. The van der Waals surface area contributed by atoms with Crippen molar-refractivity contribution in [3.8, 4) is 5.75 Å². The van der Waals surface area contributed by atoms with Crippen molar-refractivity contribution in [2.45, 2.75) is 63.7 Å². The third kappa shape index (κ3) is 5.17. The average Bonchev–Trinajstić information content (AvgIpc) is 2.45. The summed E-state index contributed by atoms with van der Waals surface area (Å²) in [5, 5.41) is 0.125. The van der Waals surface area contributed by atoms with E-state index in [9.17, 15) is 0 Å². The first kappa shape index (κ1) is 17.1. The van der Waals surface area contributed by atoms with Gasteiger partial charge in [-0.25, -0.2) is 0 Å². The van der Waals surface area contributed by atoms with Crippen LogP contribution in [-0.4, -0.2) is 6.61 Å². The maximum atomic E-state index is 6.78. The fourth-order valence-electron chi connectivity index (χ4n) is 3.07. The molecule has 0 aromatic heterocycles. The van der Waals surface area contributed by atoms with Crippen molar-refractivity contribution in [1.29, 1.82) is 0 Å². The fourth-order valence-corrected chi connectivity index (χ4v) is 3.97. The molecule has 0 aliphatic heterocycles. The first-order chi connectivity index (χ1) is 10.2. The average molecular weight is 374 g/mol. The van der Waals surface area contributed by atoms with Crippen LogP contribution in [0.1, 0.15) is 69.2 Å². The predicted octanol–water partition coefficient (Wildman–Crippen LogP) is 6.88. The van der Waals surface area contributed by atoms with Crippen molar-refractivity contribution < 1.29 is 4.74 Å². The highest BCUT2D eigenvalue weighted by atomic mass is 79.9. The van der Waals surface area contributed by atoms with Gasteiger partial charge in [-0.05, 0) is 58.8 Å². The molecule has 2 rings (SSSR count). The van der Waals surface area contributed by atoms with Gasteiger partial charge in [0.1, 0.15) is 5.75 Å². The summed E-state index contributed by atoms with van der Waals surface area (Å²) in [5.74, 6) is 1.53. The van der Waals surface area contributed by atoms with E-state index in [1.807, 2.05) is 6.07 Å². The Morgan fingerprint density at radius 3 is 2.48 bits per heavy atom. The monoisotopic (exact) mass is 372 g/mol. The second-order valence-corrected chi connectivity index (χ2v) is 7.37. The maximum absolute atomic E-state index is 6.78. The second-order valence-electron chi connectivity index (χ2n) is 6.05. The molecule has 0 saturated heterocycles. The third-order valence-corrected chi connectivity index (χ3v) is 5.53. The highest BCUT2D eigenvalue weighted by Crippen LogP contribution is 2.39. The minimum Gasteiger partial charge on any atom is -0.492 e. The van der Waals surface area contributed by atoms with E-state index in [0.29, 0.717) is 5.92 Å². The smallest absolute Gasteiger partial charge is 0.133 e. The SMILES string of the molecule is CCCOc1ccc(C(Cl)C2CCCCCCC2)cc1Br. The lowest BCUT2D eigenvalue weighted by atomic mass is 9.86. The van der Waals surface area contributed by atoms with E-state index in [-0.39, 0.29) is 5.38 Å². The second kappa shape index (κ2) is 9.05. The summed E-state index contributed by atoms with van der Waals surface area (Å²) in [6.45, 7) is 2.87. The maximum Gasteiger partial charge on any atom is 0.133 e. The van der Waals surface area contributed by atoms with Gasteiger partial charge in [0.15, 0.2) is 0 Å². The van der Waals surface area contributed by atoms with E-state index in [1.165, 1.54) is 50.5 Å². The summed E-state index contributed by atoms with van der Waals surface area (Å²) in [4.78, 5) is 0. The van der Waals surface area contributed by atoms with E-state index in [4.69, 9.17) is 16.3 Å². The fraction of sp³-hybridized carbons (Fsp3) is 0.667. The number of ether oxygens (including phenoxy) is 1. The van der Waals surface area contributed by atoms with E-state index < -0.39 is 0 Å². The van der Waals surface area contributed by atoms with E-state index in [1.54, 1.807) is 0 Å². The molecule has 1 fully saturated rings. The van der Waals surface area contributed by atoms with Crippen molar-refractivity contribution in [3.63, 3.8) is 0 Å². The van der Waals surface area contributed by atoms with Gasteiger partial charge in [0, 0.05) is 0 Å². The van der Waals surface area contributed by atoms with Gasteiger partial charge in [0.25, 0.3) is 0 Å². The number of alkyl halides is 1. The summed E-state index contributed by atoms with van der Waals surface area (Å²) in [6.07, 6.45) is 10.3. The van der Waals surface area contributed by atoms with Crippen LogP contribution >= 0.6 is 27.5 Å². The molecule has 1 saturated carbocycles. The van der Waals surface area contributed by atoms with E-state index in [2.05, 4.69) is 35.0 Å². The van der Waals surface area contributed by atoms with Gasteiger partial charge in [-0.1, -0.05) is 45.1 Å². The van der Waals surface area contributed by atoms with Gasteiger partial charge in [0.2, 0.25) is 0 Å².